The molecule has 176 valence electrons. The van der Waals surface area contributed by atoms with Crippen LogP contribution in [0.25, 0.3) is 11.4 Å². The van der Waals surface area contributed by atoms with Crippen molar-refractivity contribution in [2.75, 3.05) is 0 Å². The van der Waals surface area contributed by atoms with Crippen LogP contribution in [0.5, 0.6) is 0 Å². The van der Waals surface area contributed by atoms with Crippen molar-refractivity contribution in [2.45, 2.75) is 70.5 Å². The smallest absolute Gasteiger partial charge is 0.254 e. The maximum Gasteiger partial charge on any atom is 0.416 e. The number of nitrogens with zero attached hydrogens (tertiary/aromatic N) is 4. The van der Waals surface area contributed by atoms with E-state index in [1.54, 1.807) is 19.1 Å². The van der Waals surface area contributed by atoms with E-state index in [0.29, 0.717) is 28.3 Å². The van der Waals surface area contributed by atoms with Crippen molar-refractivity contribution in [3.8, 4) is 11.4 Å². The summed E-state index contributed by atoms with van der Waals surface area (Å²) in [6.45, 7) is 1.58. The van der Waals surface area contributed by atoms with Crippen LogP contribution in [0.15, 0.2) is 36.5 Å². The van der Waals surface area contributed by atoms with E-state index in [4.69, 9.17) is 0 Å². The Bertz CT molecular complexity index is 1100. The van der Waals surface area contributed by atoms with E-state index in [1.165, 1.54) is 12.3 Å². The quantitative estimate of drug-likeness (QED) is 0.299. The maximum absolute atomic E-state index is 13.2. The third-order valence-corrected chi connectivity index (χ3v) is 6.05. The van der Waals surface area contributed by atoms with Crippen molar-refractivity contribution in [3.63, 3.8) is 0 Å². The molecule has 0 N–H and O–H groups in total. The van der Waals surface area contributed by atoms with Crippen molar-refractivity contribution in [3.05, 3.63) is 64.7 Å². The van der Waals surface area contributed by atoms with Gasteiger partial charge in [0.25, 0.3) is 6.43 Å². The van der Waals surface area contributed by atoms with Crippen molar-refractivity contribution >= 4 is 0 Å². The molecular formula is C24H25F5N4. The van der Waals surface area contributed by atoms with Crippen LogP contribution in [-0.4, -0.2) is 19.7 Å². The minimum atomic E-state index is -4.43. The van der Waals surface area contributed by atoms with E-state index in [0.717, 1.165) is 50.7 Å². The number of benzene rings is 1. The number of alkyl halides is 5. The molecule has 0 amide bonds. The molecule has 0 atom stereocenters. The third kappa shape index (κ3) is 5.39. The molecule has 2 aromatic heterocycles. The highest BCUT2D eigenvalue weighted by molar-refractivity contribution is 5.56. The number of rotatable bonds is 5. The van der Waals surface area contributed by atoms with E-state index >= 15 is 0 Å². The fraction of sp³-hybridized carbons (Fsp3) is 0.458. The molecule has 2 heterocycles. The molecule has 33 heavy (non-hydrogen) atoms. The number of aryl methyl sites for hydroxylation is 1. The Morgan fingerprint density at radius 2 is 1.79 bits per heavy atom. The predicted molar refractivity (Wildman–Crippen MR) is 114 cm³/mol. The van der Waals surface area contributed by atoms with Crippen LogP contribution in [0.4, 0.5) is 22.0 Å². The van der Waals surface area contributed by atoms with Gasteiger partial charge in [-0.1, -0.05) is 43.9 Å². The molecule has 1 aliphatic carbocycles. The van der Waals surface area contributed by atoms with Crippen molar-refractivity contribution < 1.29 is 22.0 Å². The van der Waals surface area contributed by atoms with Gasteiger partial charge in [-0.3, -0.25) is 4.98 Å². The van der Waals surface area contributed by atoms with Crippen LogP contribution < -0.4 is 0 Å². The second-order valence-corrected chi connectivity index (χ2v) is 8.54. The summed E-state index contributed by atoms with van der Waals surface area (Å²) in [4.78, 5) is 8.57. The molecule has 4 rings (SSSR count). The van der Waals surface area contributed by atoms with Crippen molar-refractivity contribution in [1.82, 2.24) is 19.7 Å². The molecule has 4 nitrogen and oxygen atoms in total. The molecule has 0 unspecified atom stereocenters. The van der Waals surface area contributed by atoms with Gasteiger partial charge in [0.05, 0.1) is 11.6 Å². The van der Waals surface area contributed by atoms with Crippen LogP contribution in [0.2, 0.25) is 0 Å². The molecule has 0 spiro atoms. The summed E-state index contributed by atoms with van der Waals surface area (Å²) >= 11 is 0. The molecule has 1 saturated carbocycles. The first-order valence-electron chi connectivity index (χ1n) is 11.1. The molecule has 1 aliphatic rings. The topological polar surface area (TPSA) is 43.6 Å². The van der Waals surface area contributed by atoms with Crippen LogP contribution in [-0.2, 0) is 12.6 Å². The highest BCUT2D eigenvalue weighted by atomic mass is 19.4. The van der Waals surface area contributed by atoms with Crippen molar-refractivity contribution in [1.29, 1.82) is 0 Å². The first-order chi connectivity index (χ1) is 15.7. The van der Waals surface area contributed by atoms with Crippen LogP contribution >= 0.6 is 0 Å². The zero-order chi connectivity index (χ0) is 23.6. The Morgan fingerprint density at radius 3 is 2.42 bits per heavy atom. The van der Waals surface area contributed by atoms with Crippen molar-refractivity contribution in [2.24, 2.45) is 0 Å². The predicted octanol–water partition coefficient (Wildman–Crippen LogP) is 7.09. The lowest BCUT2D eigenvalue weighted by atomic mass is 10.1. The maximum atomic E-state index is 13.2. The minimum absolute atomic E-state index is 0.0975. The molecule has 0 aliphatic heterocycles. The van der Waals surface area contributed by atoms with Gasteiger partial charge in [-0.15, -0.1) is 0 Å². The van der Waals surface area contributed by atoms with Crippen LogP contribution in [0.1, 0.15) is 79.2 Å². The molecule has 1 fully saturated rings. The van der Waals surface area contributed by atoms with Gasteiger partial charge in [0.1, 0.15) is 5.69 Å². The lowest BCUT2D eigenvalue weighted by molar-refractivity contribution is -0.137. The average Bonchev–Trinajstić information content (AvgIpc) is 2.98. The van der Waals surface area contributed by atoms with Gasteiger partial charge < -0.3 is 0 Å². The van der Waals surface area contributed by atoms with Crippen LogP contribution in [0.3, 0.4) is 0 Å². The van der Waals surface area contributed by atoms with Gasteiger partial charge in [0.2, 0.25) is 0 Å². The van der Waals surface area contributed by atoms with Crippen LogP contribution in [0, 0.1) is 6.92 Å². The molecule has 0 saturated heterocycles. The number of aromatic nitrogens is 4. The molecule has 0 bridgehead atoms. The normalized spacial score (nSPS) is 15.7. The van der Waals surface area contributed by atoms with Gasteiger partial charge in [0, 0.05) is 18.2 Å². The number of hydrogen-bond donors (Lipinski definition) is 0. The Labute approximate surface area is 188 Å². The largest absolute Gasteiger partial charge is 0.416 e. The summed E-state index contributed by atoms with van der Waals surface area (Å²) in [6, 6.07) is 6.85. The lowest BCUT2D eigenvalue weighted by Crippen LogP contribution is -2.12. The average molecular weight is 464 g/mol. The van der Waals surface area contributed by atoms with Gasteiger partial charge in [0.15, 0.2) is 11.6 Å². The van der Waals surface area contributed by atoms with E-state index in [-0.39, 0.29) is 18.2 Å². The minimum Gasteiger partial charge on any atom is -0.254 e. The van der Waals surface area contributed by atoms with Gasteiger partial charge in [-0.25, -0.2) is 18.4 Å². The monoisotopic (exact) mass is 464 g/mol. The summed E-state index contributed by atoms with van der Waals surface area (Å²) in [5.41, 5.74) is 0.396. The van der Waals surface area contributed by atoms with E-state index in [2.05, 4.69) is 15.1 Å². The summed E-state index contributed by atoms with van der Waals surface area (Å²) in [7, 11) is 0. The number of pyridine rings is 1. The SMILES string of the molecule is Cc1cc(-c2nc(Cc3cccc(C(F)(F)F)c3)nn2C2CCCCCC2)cnc1C(F)F. The lowest BCUT2D eigenvalue weighted by Gasteiger charge is -2.17. The second-order valence-electron chi connectivity index (χ2n) is 8.54. The Kier molecular flexibility index (Phi) is 6.76. The molecular weight excluding hydrogens is 439 g/mol. The second kappa shape index (κ2) is 9.57. The zero-order valence-electron chi connectivity index (χ0n) is 18.2. The summed E-state index contributed by atoms with van der Waals surface area (Å²) in [6.07, 6.45) is 0.630. The summed E-state index contributed by atoms with van der Waals surface area (Å²) in [5, 5.41) is 4.67. The van der Waals surface area contributed by atoms with E-state index in [9.17, 15) is 22.0 Å². The molecule has 0 radical (unpaired) electrons. The Hall–Kier alpha value is -2.84. The zero-order valence-corrected chi connectivity index (χ0v) is 18.2. The first-order valence-corrected chi connectivity index (χ1v) is 11.1. The summed E-state index contributed by atoms with van der Waals surface area (Å²) in [5.74, 6) is 0.907. The van der Waals surface area contributed by atoms with Gasteiger partial charge in [-0.05, 0) is 43.0 Å². The molecule has 9 heteroatoms. The Balaban J connectivity index is 1.72. The highest BCUT2D eigenvalue weighted by Crippen LogP contribution is 2.33. The molecule has 3 aromatic rings. The fourth-order valence-electron chi connectivity index (χ4n) is 4.37. The number of halogens is 5. The van der Waals surface area contributed by atoms with Gasteiger partial charge >= 0.3 is 6.18 Å². The first kappa shape index (κ1) is 23.3. The fourth-order valence-corrected chi connectivity index (χ4v) is 4.37. The highest BCUT2D eigenvalue weighted by Gasteiger charge is 2.30. The van der Waals surface area contributed by atoms with E-state index in [1.807, 2.05) is 4.68 Å². The number of hydrogen-bond acceptors (Lipinski definition) is 3. The van der Waals surface area contributed by atoms with E-state index < -0.39 is 18.2 Å². The Morgan fingerprint density at radius 1 is 1.06 bits per heavy atom. The standard InChI is InChI=1S/C24H25F5N4/c1-15-11-17(14-30-21(15)22(25)26)23-31-20(32-33(23)19-9-4-2-3-5-10-19)13-16-7-6-8-18(12-16)24(27,28)29/h6-8,11-12,14,19,22H,2-5,9-10,13H2,1H3. The summed E-state index contributed by atoms with van der Waals surface area (Å²) < 4.78 is 67.5. The van der Waals surface area contributed by atoms with Gasteiger partial charge in [-0.2, -0.15) is 18.3 Å². The third-order valence-electron chi connectivity index (χ3n) is 6.05. The molecule has 1 aromatic carbocycles.